The van der Waals surface area contributed by atoms with Crippen molar-refractivity contribution in [3.05, 3.63) is 0 Å². The number of ether oxygens (including phenoxy) is 1. The Labute approximate surface area is 148 Å². The van der Waals surface area contributed by atoms with Crippen LogP contribution in [0.25, 0.3) is 0 Å². The number of carbonyl (C=O) groups excluding carboxylic acids is 2. The Morgan fingerprint density at radius 2 is 1.79 bits per heavy atom. The molecule has 4 heteroatoms. The molecule has 24 heavy (non-hydrogen) atoms. The van der Waals surface area contributed by atoms with Gasteiger partial charge < -0.3 is 9.64 Å². The van der Waals surface area contributed by atoms with Crippen LogP contribution in [0.4, 0.5) is 0 Å². The lowest BCUT2D eigenvalue weighted by molar-refractivity contribution is -0.158. The van der Waals surface area contributed by atoms with Crippen molar-refractivity contribution in [3.8, 4) is 0 Å². The average molecular weight is 340 g/mol. The fourth-order valence-electron chi connectivity index (χ4n) is 3.84. The van der Waals surface area contributed by atoms with Crippen molar-refractivity contribution in [1.29, 1.82) is 0 Å². The quantitative estimate of drug-likeness (QED) is 0.655. The van der Waals surface area contributed by atoms with Crippen molar-refractivity contribution in [3.63, 3.8) is 0 Å². The minimum atomic E-state index is -0.471. The number of hydrogen-bond acceptors (Lipinski definition) is 3. The molecule has 0 aromatic rings. The van der Waals surface area contributed by atoms with Crippen LogP contribution in [0.3, 0.4) is 0 Å². The van der Waals surface area contributed by atoms with Crippen molar-refractivity contribution >= 4 is 11.9 Å². The number of amides is 1. The summed E-state index contributed by atoms with van der Waals surface area (Å²) in [5.41, 5.74) is 0. The molecule has 140 valence electrons. The van der Waals surface area contributed by atoms with Gasteiger partial charge in [-0.15, -0.1) is 0 Å². The molecule has 1 saturated carbocycles. The van der Waals surface area contributed by atoms with Crippen molar-refractivity contribution in [2.75, 3.05) is 13.7 Å². The van der Waals surface area contributed by atoms with E-state index in [0.29, 0.717) is 36.7 Å². The van der Waals surface area contributed by atoms with Crippen LogP contribution in [0.15, 0.2) is 0 Å². The van der Waals surface area contributed by atoms with E-state index in [4.69, 9.17) is 4.74 Å². The Morgan fingerprint density at radius 1 is 1.17 bits per heavy atom. The number of esters is 1. The topological polar surface area (TPSA) is 46.6 Å². The molecule has 1 unspecified atom stereocenters. The molecule has 1 rings (SSSR count). The third-order valence-corrected chi connectivity index (χ3v) is 5.37. The first-order valence-corrected chi connectivity index (χ1v) is 9.62. The zero-order valence-electron chi connectivity index (χ0n) is 16.7. The molecule has 4 nitrogen and oxygen atoms in total. The molecule has 0 aromatic carbocycles. The molecule has 4 atom stereocenters. The monoisotopic (exact) mass is 339 g/mol. The maximum Gasteiger partial charge on any atom is 0.328 e. The van der Waals surface area contributed by atoms with Gasteiger partial charge in [0.1, 0.15) is 6.04 Å². The fourth-order valence-corrected chi connectivity index (χ4v) is 3.84. The van der Waals surface area contributed by atoms with Gasteiger partial charge in [-0.1, -0.05) is 48.0 Å². The largest absolute Gasteiger partial charge is 0.464 e. The summed E-state index contributed by atoms with van der Waals surface area (Å²) in [4.78, 5) is 27.1. The minimum absolute atomic E-state index is 0.0331. The second-order valence-electron chi connectivity index (χ2n) is 8.33. The molecule has 0 N–H and O–H groups in total. The van der Waals surface area contributed by atoms with Crippen LogP contribution in [0.5, 0.6) is 0 Å². The predicted molar refractivity (Wildman–Crippen MR) is 97.5 cm³/mol. The van der Waals surface area contributed by atoms with Crippen molar-refractivity contribution in [2.24, 2.45) is 29.6 Å². The van der Waals surface area contributed by atoms with E-state index in [-0.39, 0.29) is 17.8 Å². The second-order valence-corrected chi connectivity index (χ2v) is 8.33. The Morgan fingerprint density at radius 3 is 2.29 bits per heavy atom. The molecule has 0 saturated heterocycles. The van der Waals surface area contributed by atoms with Gasteiger partial charge in [-0.25, -0.2) is 4.79 Å². The first-order chi connectivity index (χ1) is 11.2. The minimum Gasteiger partial charge on any atom is -0.464 e. The Kier molecular flexibility index (Phi) is 8.24. The summed E-state index contributed by atoms with van der Waals surface area (Å²) in [7, 11) is 1.77. The van der Waals surface area contributed by atoms with Crippen LogP contribution in [-0.2, 0) is 14.3 Å². The molecule has 1 aliphatic rings. The average Bonchev–Trinajstić information content (AvgIpc) is 2.52. The lowest BCUT2D eigenvalue weighted by Gasteiger charge is -2.39. The highest BCUT2D eigenvalue weighted by atomic mass is 16.5. The van der Waals surface area contributed by atoms with E-state index in [1.807, 2.05) is 20.8 Å². The van der Waals surface area contributed by atoms with Crippen LogP contribution in [0.2, 0.25) is 0 Å². The van der Waals surface area contributed by atoms with Crippen molar-refractivity contribution in [2.45, 2.75) is 73.3 Å². The Balaban J connectivity index is 2.82. The van der Waals surface area contributed by atoms with Crippen LogP contribution < -0.4 is 0 Å². The highest BCUT2D eigenvalue weighted by Gasteiger charge is 2.39. The van der Waals surface area contributed by atoms with Gasteiger partial charge in [-0.2, -0.15) is 0 Å². The van der Waals surface area contributed by atoms with Crippen LogP contribution in [-0.4, -0.2) is 36.5 Å². The molecule has 1 amide bonds. The Bertz CT molecular complexity index is 419. The number of hydrogen-bond donors (Lipinski definition) is 0. The lowest BCUT2D eigenvalue weighted by Crippen LogP contribution is -2.48. The van der Waals surface area contributed by atoms with E-state index in [0.717, 1.165) is 12.8 Å². The van der Waals surface area contributed by atoms with Gasteiger partial charge >= 0.3 is 5.97 Å². The highest BCUT2D eigenvalue weighted by molar-refractivity contribution is 5.86. The SMILES string of the molecule is CCC(C(=O)OCC(C)C)N(C)C(=O)[C@@H]1C[C@H](C)CC[C@H]1C(C)C. The molecule has 0 heterocycles. The second kappa shape index (κ2) is 9.43. The third kappa shape index (κ3) is 5.49. The fraction of sp³-hybridized carbons (Fsp3) is 0.900. The zero-order chi connectivity index (χ0) is 18.4. The predicted octanol–water partition coefficient (Wildman–Crippen LogP) is 4.13. The van der Waals surface area contributed by atoms with E-state index < -0.39 is 6.04 Å². The van der Waals surface area contributed by atoms with Gasteiger partial charge in [0.05, 0.1) is 6.61 Å². The summed E-state index contributed by atoms with van der Waals surface area (Å²) in [6.07, 6.45) is 3.83. The van der Waals surface area contributed by atoms with E-state index in [1.54, 1.807) is 11.9 Å². The van der Waals surface area contributed by atoms with Crippen LogP contribution >= 0.6 is 0 Å². The van der Waals surface area contributed by atoms with Gasteiger partial charge in [-0.05, 0) is 42.9 Å². The van der Waals surface area contributed by atoms with Gasteiger partial charge in [0.2, 0.25) is 5.91 Å². The zero-order valence-corrected chi connectivity index (χ0v) is 16.7. The van der Waals surface area contributed by atoms with Gasteiger partial charge in [0.15, 0.2) is 0 Å². The van der Waals surface area contributed by atoms with E-state index in [1.165, 1.54) is 6.42 Å². The van der Waals surface area contributed by atoms with Crippen LogP contribution in [0.1, 0.15) is 67.2 Å². The van der Waals surface area contributed by atoms with Crippen molar-refractivity contribution in [1.82, 2.24) is 4.90 Å². The van der Waals surface area contributed by atoms with E-state index in [9.17, 15) is 9.59 Å². The van der Waals surface area contributed by atoms with E-state index in [2.05, 4.69) is 20.8 Å². The summed E-state index contributed by atoms with van der Waals surface area (Å²) in [5.74, 6) is 1.67. The summed E-state index contributed by atoms with van der Waals surface area (Å²) in [6.45, 7) is 13.0. The number of carbonyl (C=O) groups is 2. The summed E-state index contributed by atoms with van der Waals surface area (Å²) in [5, 5.41) is 0. The molecule has 0 bridgehead atoms. The standard InChI is InChI=1S/C20H37NO3/c1-8-18(20(23)24-12-13(2)3)21(7)19(22)17-11-15(6)9-10-16(17)14(4)5/h13-18H,8-12H2,1-7H3/t15-,16+,17-,18?/m1/s1. The first-order valence-electron chi connectivity index (χ1n) is 9.62. The summed E-state index contributed by atoms with van der Waals surface area (Å²) in [6, 6.07) is -0.471. The summed E-state index contributed by atoms with van der Waals surface area (Å²) >= 11 is 0. The van der Waals surface area contributed by atoms with Gasteiger partial charge in [0.25, 0.3) is 0 Å². The normalized spacial score (nSPS) is 25.6. The molecule has 1 fully saturated rings. The van der Waals surface area contributed by atoms with Gasteiger partial charge in [-0.3, -0.25) is 4.79 Å². The maximum absolute atomic E-state index is 13.1. The first kappa shape index (κ1) is 21.0. The van der Waals surface area contributed by atoms with Gasteiger partial charge in [0, 0.05) is 13.0 Å². The van der Waals surface area contributed by atoms with Crippen LogP contribution in [0, 0.1) is 29.6 Å². The smallest absolute Gasteiger partial charge is 0.328 e. The Hall–Kier alpha value is -1.06. The molecule has 0 aliphatic heterocycles. The maximum atomic E-state index is 13.1. The molecule has 0 aromatic heterocycles. The number of rotatable bonds is 7. The number of likely N-dealkylation sites (N-methyl/N-ethyl adjacent to an activating group) is 1. The third-order valence-electron chi connectivity index (χ3n) is 5.37. The summed E-state index contributed by atoms with van der Waals surface area (Å²) < 4.78 is 5.38. The molecular weight excluding hydrogens is 302 g/mol. The molecule has 0 radical (unpaired) electrons. The van der Waals surface area contributed by atoms with E-state index >= 15 is 0 Å². The highest BCUT2D eigenvalue weighted by Crippen LogP contribution is 2.39. The molecule has 1 aliphatic carbocycles. The number of nitrogens with zero attached hydrogens (tertiary/aromatic N) is 1. The van der Waals surface area contributed by atoms with Crippen molar-refractivity contribution < 1.29 is 14.3 Å². The lowest BCUT2D eigenvalue weighted by atomic mass is 9.69. The molecular formula is C20H37NO3. The molecule has 0 spiro atoms.